The van der Waals surface area contributed by atoms with Crippen molar-refractivity contribution in [3.63, 3.8) is 0 Å². The van der Waals surface area contributed by atoms with E-state index in [1.165, 1.54) is 12.4 Å². The Morgan fingerprint density at radius 1 is 0.806 bits per heavy atom. The van der Waals surface area contributed by atoms with Gasteiger partial charge in [-0.2, -0.15) is 10.5 Å². The minimum Gasteiger partial charge on any atom is -0.503 e. The fourth-order valence-corrected chi connectivity index (χ4v) is 7.76. The van der Waals surface area contributed by atoms with Crippen LogP contribution in [0.1, 0.15) is 11.1 Å². The zero-order valence-corrected chi connectivity index (χ0v) is 22.3. The van der Waals surface area contributed by atoms with Crippen LogP contribution in [0.25, 0.3) is 0 Å². The SMILES string of the molecule is CN1CC[S+](C)c2c1ccc(C=N/C(C#N)=C(/C#N)N=Cc1ccc3c(c1O)[S+](C)CCN3C)c2O. The van der Waals surface area contributed by atoms with Crippen LogP contribution in [0, 0.1) is 22.7 Å². The maximum Gasteiger partial charge on any atom is 0.220 e. The molecule has 2 aliphatic heterocycles. The lowest BCUT2D eigenvalue weighted by atomic mass is 10.1. The van der Waals surface area contributed by atoms with Crippen molar-refractivity contribution >= 4 is 45.6 Å². The van der Waals surface area contributed by atoms with E-state index in [4.69, 9.17) is 0 Å². The summed E-state index contributed by atoms with van der Waals surface area (Å²) < 4.78 is 0. The van der Waals surface area contributed by atoms with E-state index in [1.807, 2.05) is 38.4 Å². The molecule has 4 rings (SSSR count). The second-order valence-electron chi connectivity index (χ2n) is 8.67. The van der Waals surface area contributed by atoms with E-state index in [1.54, 1.807) is 12.1 Å². The Morgan fingerprint density at radius 2 is 1.19 bits per heavy atom. The van der Waals surface area contributed by atoms with Gasteiger partial charge in [-0.15, -0.1) is 0 Å². The minimum absolute atomic E-state index is 0.0992. The number of phenols is 2. The summed E-state index contributed by atoms with van der Waals surface area (Å²) in [6.45, 7) is 1.86. The Kier molecular flexibility index (Phi) is 7.48. The molecule has 36 heavy (non-hydrogen) atoms. The molecule has 0 saturated carbocycles. The molecule has 8 nitrogen and oxygen atoms in total. The van der Waals surface area contributed by atoms with Gasteiger partial charge in [0, 0.05) is 59.4 Å². The lowest BCUT2D eigenvalue weighted by Gasteiger charge is -2.26. The van der Waals surface area contributed by atoms with Crippen LogP contribution in [0.3, 0.4) is 0 Å². The predicted molar refractivity (Wildman–Crippen MR) is 149 cm³/mol. The third-order valence-electron chi connectivity index (χ3n) is 6.37. The molecule has 0 aliphatic carbocycles. The summed E-state index contributed by atoms with van der Waals surface area (Å²) in [4.78, 5) is 14.4. The molecule has 2 aromatic carbocycles. The standard InChI is InChI=1S/C26H26N6O2S2/c1-31-9-11-35(3)25-21(31)7-5-17(23(25)33)15-29-19(13-27)20(14-28)30-16-18-6-8-22-26(24(18)34)36(4)12-10-32(22)2/h5-8,15-16H,9-12H2,1-4H3/p+2/b20-19-. The molecule has 0 aromatic heterocycles. The van der Waals surface area contributed by atoms with Crippen LogP contribution in [-0.4, -0.2) is 73.8 Å². The first-order valence-electron chi connectivity index (χ1n) is 11.3. The number of nitrogens with zero attached hydrogens (tertiary/aromatic N) is 6. The number of aliphatic imine (C=N–C) groups is 2. The summed E-state index contributed by atoms with van der Waals surface area (Å²) in [5.41, 5.74) is 2.58. The van der Waals surface area contributed by atoms with E-state index in [-0.39, 0.29) is 44.7 Å². The first-order chi connectivity index (χ1) is 17.3. The van der Waals surface area contributed by atoms with Crippen molar-refractivity contribution in [2.24, 2.45) is 9.98 Å². The molecular formula is C26H28N6O2S2+2. The quantitative estimate of drug-likeness (QED) is 0.363. The number of hydrogen-bond donors (Lipinski definition) is 2. The van der Waals surface area contributed by atoms with Gasteiger partial charge >= 0.3 is 0 Å². The fraction of sp³-hybridized carbons (Fsp3) is 0.308. The minimum atomic E-state index is -0.175. The fourth-order valence-electron chi connectivity index (χ4n) is 4.19. The first-order valence-corrected chi connectivity index (χ1v) is 14.9. The maximum atomic E-state index is 10.9. The van der Waals surface area contributed by atoms with E-state index in [0.717, 1.165) is 45.8 Å². The summed E-state index contributed by atoms with van der Waals surface area (Å²) >= 11 is 0. The van der Waals surface area contributed by atoms with Crippen molar-refractivity contribution in [3.05, 3.63) is 46.8 Å². The van der Waals surface area contributed by atoms with E-state index in [9.17, 15) is 20.7 Å². The highest BCUT2D eigenvalue weighted by Gasteiger charge is 2.33. The Morgan fingerprint density at radius 3 is 1.56 bits per heavy atom. The van der Waals surface area contributed by atoms with Crippen molar-refractivity contribution in [3.8, 4) is 23.6 Å². The van der Waals surface area contributed by atoms with Crippen LogP contribution in [0.2, 0.25) is 0 Å². The number of nitriles is 2. The van der Waals surface area contributed by atoms with Crippen LogP contribution < -0.4 is 9.80 Å². The zero-order chi connectivity index (χ0) is 26.0. The average molecular weight is 521 g/mol. The first kappa shape index (κ1) is 25.5. The molecule has 2 N–H and O–H groups in total. The zero-order valence-electron chi connectivity index (χ0n) is 20.7. The molecule has 184 valence electrons. The molecule has 0 amide bonds. The van der Waals surface area contributed by atoms with E-state index >= 15 is 0 Å². The molecule has 2 atom stereocenters. The van der Waals surface area contributed by atoms with Gasteiger partial charge in [0.05, 0.1) is 24.5 Å². The van der Waals surface area contributed by atoms with Gasteiger partial charge in [0.1, 0.15) is 36.2 Å². The molecule has 2 aromatic rings. The number of hydrogen-bond acceptors (Lipinski definition) is 8. The van der Waals surface area contributed by atoms with E-state index < -0.39 is 0 Å². The normalized spacial score (nSPS) is 20.1. The summed E-state index contributed by atoms with van der Waals surface area (Å²) in [6, 6.07) is 11.2. The Balaban J connectivity index is 1.66. The molecule has 0 radical (unpaired) electrons. The molecule has 2 heterocycles. The summed E-state index contributed by atoms with van der Waals surface area (Å²) in [7, 11) is 3.79. The second kappa shape index (κ2) is 10.6. The number of benzene rings is 2. The van der Waals surface area contributed by atoms with Gasteiger partial charge in [-0.05, 0) is 24.3 Å². The topological polar surface area (TPSA) is 119 Å². The molecule has 0 fully saturated rings. The van der Waals surface area contributed by atoms with Gasteiger partial charge in [0.25, 0.3) is 0 Å². The average Bonchev–Trinajstić information content (AvgIpc) is 2.87. The van der Waals surface area contributed by atoms with Crippen LogP contribution in [0.5, 0.6) is 11.5 Å². The van der Waals surface area contributed by atoms with Crippen LogP contribution >= 0.6 is 0 Å². The third kappa shape index (κ3) is 4.75. The Hall–Kier alpha value is -3.60. The van der Waals surface area contributed by atoms with Crippen molar-refractivity contribution in [1.82, 2.24) is 0 Å². The smallest absolute Gasteiger partial charge is 0.220 e. The lowest BCUT2D eigenvalue weighted by Crippen LogP contribution is -2.31. The van der Waals surface area contributed by atoms with Gasteiger partial charge < -0.3 is 20.0 Å². The van der Waals surface area contributed by atoms with Gasteiger partial charge in [0.2, 0.25) is 9.79 Å². The molecule has 2 aliphatic rings. The number of aromatic hydroxyl groups is 2. The molecular weight excluding hydrogens is 492 g/mol. The van der Waals surface area contributed by atoms with Crippen molar-refractivity contribution in [1.29, 1.82) is 10.5 Å². The predicted octanol–water partition coefficient (Wildman–Crippen LogP) is 3.01. The monoisotopic (exact) mass is 520 g/mol. The van der Waals surface area contributed by atoms with Crippen LogP contribution in [0.15, 0.2) is 55.4 Å². The van der Waals surface area contributed by atoms with Gasteiger partial charge in [0.15, 0.2) is 22.9 Å². The number of anilines is 2. The van der Waals surface area contributed by atoms with Crippen molar-refractivity contribution in [2.75, 3.05) is 61.0 Å². The summed E-state index contributed by atoms with van der Waals surface area (Å²) in [5.74, 6) is 2.21. The van der Waals surface area contributed by atoms with Gasteiger partial charge in [-0.3, -0.25) is 0 Å². The summed E-state index contributed by atoms with van der Waals surface area (Å²) in [6.07, 6.45) is 6.99. The lowest BCUT2D eigenvalue weighted by molar-refractivity contribution is 0.460. The highest BCUT2D eigenvalue weighted by Crippen LogP contribution is 2.39. The Labute approximate surface area is 217 Å². The molecule has 2 unspecified atom stereocenters. The summed E-state index contributed by atoms with van der Waals surface area (Å²) in [5, 5.41) is 41.1. The number of phenolic OH excluding ortho intramolecular Hbond substituents is 2. The van der Waals surface area contributed by atoms with Crippen LogP contribution in [-0.2, 0) is 21.8 Å². The maximum absolute atomic E-state index is 10.9. The van der Waals surface area contributed by atoms with E-state index in [0.29, 0.717) is 11.1 Å². The van der Waals surface area contributed by atoms with Crippen molar-refractivity contribution in [2.45, 2.75) is 9.79 Å². The van der Waals surface area contributed by atoms with E-state index in [2.05, 4.69) is 32.3 Å². The largest absolute Gasteiger partial charge is 0.503 e. The van der Waals surface area contributed by atoms with Gasteiger partial charge in [-0.25, -0.2) is 9.98 Å². The number of allylic oxidation sites excluding steroid dienone is 2. The second-order valence-corrected chi connectivity index (χ2v) is 12.8. The highest BCUT2D eigenvalue weighted by atomic mass is 32.2. The van der Waals surface area contributed by atoms with Gasteiger partial charge in [-0.1, -0.05) is 0 Å². The number of fused-ring (bicyclic) bond motifs is 2. The molecule has 0 saturated heterocycles. The van der Waals surface area contributed by atoms with Crippen LogP contribution in [0.4, 0.5) is 11.4 Å². The Bertz CT molecular complexity index is 1270. The highest BCUT2D eigenvalue weighted by molar-refractivity contribution is 7.96. The third-order valence-corrected chi connectivity index (χ3v) is 10.2. The molecule has 0 spiro atoms. The van der Waals surface area contributed by atoms with Crippen molar-refractivity contribution < 1.29 is 10.2 Å². The molecule has 10 heteroatoms. The number of rotatable bonds is 4. The molecule has 0 bridgehead atoms.